The molecule has 160 valence electrons. The number of carbonyl (C=O) groups excluding carboxylic acids is 2. The quantitative estimate of drug-likeness (QED) is 0.213. The number of methoxy groups -OCH3 is 1. The molecule has 8 heteroatoms. The minimum Gasteiger partial charge on any atom is -0.507 e. The summed E-state index contributed by atoms with van der Waals surface area (Å²) >= 11 is 0. The molecule has 1 heterocycles. The molecule has 1 aliphatic rings. The summed E-state index contributed by atoms with van der Waals surface area (Å²) in [6, 6.07) is 19.8. The van der Waals surface area contributed by atoms with Gasteiger partial charge in [-0.15, -0.1) is 0 Å². The molecule has 1 aliphatic heterocycles. The van der Waals surface area contributed by atoms with Gasteiger partial charge in [-0.2, -0.15) is 0 Å². The zero-order valence-corrected chi connectivity index (χ0v) is 17.0. The molecule has 0 aliphatic carbocycles. The van der Waals surface area contributed by atoms with Crippen LogP contribution < -0.4 is 9.64 Å². The molecule has 1 amide bonds. The van der Waals surface area contributed by atoms with Gasteiger partial charge in [-0.05, 0) is 29.8 Å². The molecule has 0 bridgehead atoms. The van der Waals surface area contributed by atoms with Crippen LogP contribution in [0.2, 0.25) is 0 Å². The van der Waals surface area contributed by atoms with Crippen molar-refractivity contribution in [1.29, 1.82) is 0 Å². The van der Waals surface area contributed by atoms with E-state index in [0.29, 0.717) is 17.0 Å². The molecule has 0 radical (unpaired) electrons. The van der Waals surface area contributed by atoms with Crippen LogP contribution in [-0.2, 0) is 9.59 Å². The molecule has 1 saturated heterocycles. The third-order valence-corrected chi connectivity index (χ3v) is 5.24. The largest absolute Gasteiger partial charge is 0.507 e. The zero-order valence-electron chi connectivity index (χ0n) is 17.0. The number of rotatable bonds is 5. The van der Waals surface area contributed by atoms with Crippen LogP contribution in [-0.4, -0.2) is 28.8 Å². The van der Waals surface area contributed by atoms with Crippen molar-refractivity contribution in [2.24, 2.45) is 0 Å². The summed E-state index contributed by atoms with van der Waals surface area (Å²) in [4.78, 5) is 38.0. The average Bonchev–Trinajstić information content (AvgIpc) is 3.09. The number of amides is 1. The molecule has 1 unspecified atom stereocenters. The Kier molecular flexibility index (Phi) is 5.43. The molecule has 3 aromatic carbocycles. The normalized spacial score (nSPS) is 17.4. The van der Waals surface area contributed by atoms with E-state index in [1.165, 1.54) is 30.2 Å². The Morgan fingerprint density at radius 1 is 1.00 bits per heavy atom. The Morgan fingerprint density at radius 2 is 1.69 bits per heavy atom. The number of nitro groups is 1. The van der Waals surface area contributed by atoms with Crippen LogP contribution in [0.4, 0.5) is 11.4 Å². The second-order valence-corrected chi connectivity index (χ2v) is 7.09. The van der Waals surface area contributed by atoms with Gasteiger partial charge in [0, 0.05) is 23.4 Å². The van der Waals surface area contributed by atoms with E-state index in [1.807, 2.05) is 0 Å². The molecule has 0 aromatic heterocycles. The van der Waals surface area contributed by atoms with Crippen LogP contribution >= 0.6 is 0 Å². The van der Waals surface area contributed by atoms with E-state index < -0.39 is 28.4 Å². The molecule has 8 nitrogen and oxygen atoms in total. The Labute approximate surface area is 183 Å². The van der Waals surface area contributed by atoms with Gasteiger partial charge in [0.25, 0.3) is 17.4 Å². The lowest BCUT2D eigenvalue weighted by molar-refractivity contribution is -0.384. The Morgan fingerprint density at radius 3 is 2.31 bits per heavy atom. The number of carbonyl (C=O) groups is 2. The fourth-order valence-corrected chi connectivity index (χ4v) is 3.71. The lowest BCUT2D eigenvalue weighted by atomic mass is 9.95. The summed E-state index contributed by atoms with van der Waals surface area (Å²) in [5, 5.41) is 22.2. The Balaban J connectivity index is 1.91. The third-order valence-electron chi connectivity index (χ3n) is 5.24. The maximum atomic E-state index is 13.1. The smallest absolute Gasteiger partial charge is 0.300 e. The van der Waals surface area contributed by atoms with Crippen LogP contribution in [0.1, 0.15) is 17.2 Å². The number of nitrogens with zero attached hydrogens (tertiary/aromatic N) is 2. The van der Waals surface area contributed by atoms with Gasteiger partial charge in [0.15, 0.2) is 0 Å². The first-order valence-electron chi connectivity index (χ1n) is 9.67. The SMILES string of the molecule is COc1ccc(N2C(=O)C(=O)/C(=C(\O)c3cccc([N+](=O)[O-])c3)C2c2ccccc2)cc1. The number of aliphatic hydroxyl groups is 1. The van der Waals surface area contributed by atoms with Crippen molar-refractivity contribution in [1.82, 2.24) is 0 Å². The molecule has 0 spiro atoms. The maximum Gasteiger partial charge on any atom is 0.300 e. The van der Waals surface area contributed by atoms with Crippen molar-refractivity contribution in [3.8, 4) is 5.75 Å². The zero-order chi connectivity index (χ0) is 22.8. The molecule has 32 heavy (non-hydrogen) atoms. The lowest BCUT2D eigenvalue weighted by Crippen LogP contribution is -2.29. The van der Waals surface area contributed by atoms with Gasteiger partial charge in [-0.3, -0.25) is 24.6 Å². The number of benzene rings is 3. The Bertz CT molecular complexity index is 1230. The third kappa shape index (κ3) is 3.58. The Hall–Kier alpha value is -4.46. The lowest BCUT2D eigenvalue weighted by Gasteiger charge is -2.25. The highest BCUT2D eigenvalue weighted by Gasteiger charge is 2.47. The summed E-state index contributed by atoms with van der Waals surface area (Å²) in [5.41, 5.74) is 0.745. The van der Waals surface area contributed by atoms with Crippen LogP contribution in [0.25, 0.3) is 5.76 Å². The number of ketones is 1. The van der Waals surface area contributed by atoms with Crippen LogP contribution in [0.15, 0.2) is 84.4 Å². The van der Waals surface area contributed by atoms with E-state index >= 15 is 0 Å². The highest BCUT2D eigenvalue weighted by atomic mass is 16.6. The van der Waals surface area contributed by atoms with Crippen molar-refractivity contribution < 1.29 is 24.4 Å². The summed E-state index contributed by atoms with van der Waals surface area (Å²) in [7, 11) is 1.52. The first-order valence-corrected chi connectivity index (χ1v) is 9.67. The van der Waals surface area contributed by atoms with E-state index in [0.717, 1.165) is 6.07 Å². The number of anilines is 1. The molecule has 1 fully saturated rings. The number of nitro benzene ring substituents is 1. The molecule has 3 aromatic rings. The van der Waals surface area contributed by atoms with Gasteiger partial charge in [-0.1, -0.05) is 42.5 Å². The first kappa shape index (κ1) is 20.8. The monoisotopic (exact) mass is 430 g/mol. The highest BCUT2D eigenvalue weighted by molar-refractivity contribution is 6.51. The van der Waals surface area contributed by atoms with E-state index in [4.69, 9.17) is 4.74 Å². The number of non-ortho nitro benzene ring substituents is 1. The summed E-state index contributed by atoms with van der Waals surface area (Å²) < 4.78 is 5.16. The number of Topliss-reactive ketones (excluding diaryl/α,β-unsaturated/α-hetero) is 1. The van der Waals surface area contributed by atoms with Crippen molar-refractivity contribution in [3.05, 3.63) is 106 Å². The minimum absolute atomic E-state index is 0.0767. The van der Waals surface area contributed by atoms with Gasteiger partial charge < -0.3 is 9.84 Å². The second-order valence-electron chi connectivity index (χ2n) is 7.09. The molecule has 0 saturated carbocycles. The molecular formula is C24H18N2O6. The fourth-order valence-electron chi connectivity index (χ4n) is 3.71. The van der Waals surface area contributed by atoms with E-state index in [9.17, 15) is 24.8 Å². The highest BCUT2D eigenvalue weighted by Crippen LogP contribution is 2.42. The van der Waals surface area contributed by atoms with Crippen LogP contribution in [0.5, 0.6) is 5.75 Å². The number of aliphatic hydroxyl groups excluding tert-OH is 1. The fraction of sp³-hybridized carbons (Fsp3) is 0.0833. The maximum absolute atomic E-state index is 13.1. The molecule has 4 rings (SSSR count). The minimum atomic E-state index is -0.913. The summed E-state index contributed by atoms with van der Waals surface area (Å²) in [6.45, 7) is 0. The molecule has 1 N–H and O–H groups in total. The van der Waals surface area contributed by atoms with Crippen molar-refractivity contribution in [2.75, 3.05) is 12.0 Å². The predicted octanol–water partition coefficient (Wildman–Crippen LogP) is 4.23. The van der Waals surface area contributed by atoms with Gasteiger partial charge in [0.2, 0.25) is 0 Å². The van der Waals surface area contributed by atoms with Crippen molar-refractivity contribution in [3.63, 3.8) is 0 Å². The number of hydrogen-bond acceptors (Lipinski definition) is 6. The van der Waals surface area contributed by atoms with E-state index in [1.54, 1.807) is 54.6 Å². The number of hydrogen-bond donors (Lipinski definition) is 1. The van der Waals surface area contributed by atoms with Gasteiger partial charge in [0.05, 0.1) is 23.6 Å². The van der Waals surface area contributed by atoms with E-state index in [-0.39, 0.29) is 16.8 Å². The van der Waals surface area contributed by atoms with Gasteiger partial charge in [0.1, 0.15) is 11.5 Å². The van der Waals surface area contributed by atoms with Gasteiger partial charge >= 0.3 is 0 Å². The second kappa shape index (κ2) is 8.35. The predicted molar refractivity (Wildman–Crippen MR) is 117 cm³/mol. The van der Waals surface area contributed by atoms with E-state index in [2.05, 4.69) is 0 Å². The first-order chi connectivity index (χ1) is 15.4. The van der Waals surface area contributed by atoms with Crippen molar-refractivity contribution in [2.45, 2.75) is 6.04 Å². The average molecular weight is 430 g/mol. The van der Waals surface area contributed by atoms with Crippen LogP contribution in [0.3, 0.4) is 0 Å². The summed E-state index contributed by atoms with van der Waals surface area (Å²) in [5.74, 6) is -1.58. The molecular weight excluding hydrogens is 412 g/mol. The molecule has 1 atom stereocenters. The van der Waals surface area contributed by atoms with Crippen molar-refractivity contribution >= 4 is 28.8 Å². The summed E-state index contributed by atoms with van der Waals surface area (Å²) in [6.07, 6.45) is 0. The van der Waals surface area contributed by atoms with Crippen LogP contribution in [0, 0.1) is 10.1 Å². The number of ether oxygens (including phenoxy) is 1. The topological polar surface area (TPSA) is 110 Å². The van der Waals surface area contributed by atoms with Gasteiger partial charge in [-0.25, -0.2) is 0 Å². The standard InChI is InChI=1S/C24H18N2O6/c1-32-19-12-10-17(11-13-19)25-21(15-6-3-2-4-7-15)20(23(28)24(25)29)22(27)16-8-5-9-18(14-16)26(30)31/h2-14,21,27H,1H3/b22-20-.